The van der Waals surface area contributed by atoms with Gasteiger partial charge >= 0.3 is 0 Å². The van der Waals surface area contributed by atoms with Gasteiger partial charge in [-0.25, -0.2) is 0 Å². The molecular formula is C19H23N2O. The van der Waals surface area contributed by atoms with Crippen LogP contribution in [0.1, 0.15) is 12.0 Å². The summed E-state index contributed by atoms with van der Waals surface area (Å²) in [5.41, 5.74) is 2.60. The summed E-state index contributed by atoms with van der Waals surface area (Å²) in [6.45, 7) is 5.47. The summed E-state index contributed by atoms with van der Waals surface area (Å²) in [6, 6.07) is 17.9. The van der Waals surface area contributed by atoms with Crippen LogP contribution in [0.5, 0.6) is 5.75 Å². The molecule has 3 heteroatoms. The van der Waals surface area contributed by atoms with Crippen LogP contribution in [-0.2, 0) is 11.5 Å². The van der Waals surface area contributed by atoms with Gasteiger partial charge in [-0.3, -0.25) is 10.0 Å². The maximum absolute atomic E-state index is 11.2. The largest absolute Gasteiger partial charge is 0.369 e. The first-order valence-corrected chi connectivity index (χ1v) is 8.09. The Balaban J connectivity index is 1.41. The lowest BCUT2D eigenvalue weighted by Gasteiger charge is -2.36. The van der Waals surface area contributed by atoms with Crippen molar-refractivity contribution in [2.24, 2.45) is 0 Å². The van der Waals surface area contributed by atoms with Crippen molar-refractivity contribution < 1.29 is 5.11 Å². The number of hydrogen-bond acceptors (Lipinski definition) is 2. The molecule has 22 heavy (non-hydrogen) atoms. The molecule has 3 rings (SSSR count). The lowest BCUT2D eigenvalue weighted by molar-refractivity contribution is 0.255. The molecular weight excluding hydrogens is 272 g/mol. The van der Waals surface area contributed by atoms with Crippen LogP contribution in [-0.4, -0.2) is 37.6 Å². The molecule has 1 aliphatic rings. The van der Waals surface area contributed by atoms with Crippen molar-refractivity contribution in [3.63, 3.8) is 0 Å². The van der Waals surface area contributed by atoms with Gasteiger partial charge < -0.3 is 4.90 Å². The Labute approximate surface area is 132 Å². The maximum atomic E-state index is 11.2. The van der Waals surface area contributed by atoms with E-state index in [4.69, 9.17) is 0 Å². The standard InChI is InChI=1S/C19H23N2O/c22-19-10-8-18(9-11-19)21-15-13-20(14-16-21)12-4-7-17-5-2-1-3-6-17/h1-3,5-6,8-11H,4,7,12-16H2. The lowest BCUT2D eigenvalue weighted by Crippen LogP contribution is -2.46. The van der Waals surface area contributed by atoms with Crippen LogP contribution in [0.4, 0.5) is 5.69 Å². The van der Waals surface area contributed by atoms with Crippen LogP contribution >= 0.6 is 0 Å². The van der Waals surface area contributed by atoms with E-state index in [-0.39, 0.29) is 5.75 Å². The fourth-order valence-corrected chi connectivity index (χ4v) is 3.04. The molecule has 1 heterocycles. The van der Waals surface area contributed by atoms with Gasteiger partial charge in [0.15, 0.2) is 5.75 Å². The summed E-state index contributed by atoms with van der Waals surface area (Å²) in [4.78, 5) is 4.91. The zero-order valence-corrected chi connectivity index (χ0v) is 12.9. The van der Waals surface area contributed by atoms with Crippen molar-refractivity contribution >= 4 is 5.69 Å². The molecule has 0 amide bonds. The highest BCUT2D eigenvalue weighted by Crippen LogP contribution is 2.20. The number of aryl methyl sites for hydroxylation is 1. The zero-order chi connectivity index (χ0) is 15.2. The van der Waals surface area contributed by atoms with Gasteiger partial charge in [0.2, 0.25) is 0 Å². The Morgan fingerprint density at radius 3 is 2.18 bits per heavy atom. The molecule has 0 atom stereocenters. The van der Waals surface area contributed by atoms with E-state index >= 15 is 0 Å². The Morgan fingerprint density at radius 2 is 1.50 bits per heavy atom. The SMILES string of the molecule is [O]c1ccc(N2CCN(CCCc3ccccc3)CC2)cc1. The van der Waals surface area contributed by atoms with Crippen molar-refractivity contribution in [1.82, 2.24) is 4.90 Å². The van der Waals surface area contributed by atoms with E-state index in [0.29, 0.717) is 0 Å². The van der Waals surface area contributed by atoms with Crippen LogP contribution in [0.25, 0.3) is 0 Å². The van der Waals surface area contributed by atoms with Crippen LogP contribution < -0.4 is 4.90 Å². The van der Waals surface area contributed by atoms with Crippen molar-refractivity contribution in [2.75, 3.05) is 37.6 Å². The molecule has 1 radical (unpaired) electrons. The van der Waals surface area contributed by atoms with E-state index in [9.17, 15) is 5.11 Å². The first kappa shape index (κ1) is 14.9. The van der Waals surface area contributed by atoms with Crippen molar-refractivity contribution in [1.29, 1.82) is 0 Å². The minimum absolute atomic E-state index is 0.0864. The molecule has 0 saturated carbocycles. The van der Waals surface area contributed by atoms with Gasteiger partial charge in [-0.05, 0) is 49.2 Å². The second-order valence-corrected chi connectivity index (χ2v) is 5.91. The van der Waals surface area contributed by atoms with Gasteiger partial charge in [0, 0.05) is 31.9 Å². The molecule has 1 aliphatic heterocycles. The monoisotopic (exact) mass is 295 g/mol. The molecule has 0 N–H and O–H groups in total. The van der Waals surface area contributed by atoms with Crippen LogP contribution in [0, 0.1) is 0 Å². The third kappa shape index (κ3) is 4.01. The van der Waals surface area contributed by atoms with Gasteiger partial charge in [-0.1, -0.05) is 30.3 Å². The first-order valence-electron chi connectivity index (χ1n) is 8.09. The molecule has 0 aliphatic carbocycles. The fourth-order valence-electron chi connectivity index (χ4n) is 3.04. The second kappa shape index (κ2) is 7.32. The predicted molar refractivity (Wildman–Crippen MR) is 90.0 cm³/mol. The highest BCUT2D eigenvalue weighted by atomic mass is 16.3. The molecule has 1 saturated heterocycles. The molecule has 1 fully saturated rings. The van der Waals surface area contributed by atoms with Gasteiger partial charge in [-0.15, -0.1) is 0 Å². The van der Waals surface area contributed by atoms with E-state index in [1.807, 2.05) is 12.1 Å². The average molecular weight is 295 g/mol. The zero-order valence-electron chi connectivity index (χ0n) is 12.9. The summed E-state index contributed by atoms with van der Waals surface area (Å²) in [7, 11) is 0. The van der Waals surface area contributed by atoms with E-state index in [0.717, 1.165) is 32.6 Å². The normalized spacial score (nSPS) is 15.9. The molecule has 0 bridgehead atoms. The van der Waals surface area contributed by atoms with Gasteiger partial charge in [0.05, 0.1) is 0 Å². The Hall–Kier alpha value is -2.00. The topological polar surface area (TPSA) is 26.4 Å². The van der Waals surface area contributed by atoms with Gasteiger partial charge in [0.25, 0.3) is 0 Å². The smallest absolute Gasteiger partial charge is 0.178 e. The summed E-state index contributed by atoms with van der Waals surface area (Å²) >= 11 is 0. The van der Waals surface area contributed by atoms with Crippen molar-refractivity contribution in [3.8, 4) is 5.75 Å². The number of piperazine rings is 1. The predicted octanol–water partition coefficient (Wildman–Crippen LogP) is 3.59. The van der Waals surface area contributed by atoms with Crippen LogP contribution in [0.3, 0.4) is 0 Å². The molecule has 0 spiro atoms. The number of hydrogen-bond donors (Lipinski definition) is 0. The van der Waals surface area contributed by atoms with Crippen molar-refractivity contribution in [2.45, 2.75) is 12.8 Å². The third-order valence-electron chi connectivity index (χ3n) is 4.36. The number of benzene rings is 2. The van der Waals surface area contributed by atoms with Crippen molar-refractivity contribution in [3.05, 3.63) is 60.2 Å². The van der Waals surface area contributed by atoms with Gasteiger partial charge in [-0.2, -0.15) is 0 Å². The molecule has 0 unspecified atom stereocenters. The first-order chi connectivity index (χ1) is 10.8. The highest BCUT2D eigenvalue weighted by molar-refractivity contribution is 5.49. The van der Waals surface area contributed by atoms with E-state index in [2.05, 4.69) is 40.1 Å². The highest BCUT2D eigenvalue weighted by Gasteiger charge is 2.16. The molecule has 0 aromatic heterocycles. The molecule has 115 valence electrons. The van der Waals surface area contributed by atoms with E-state index < -0.39 is 0 Å². The Bertz CT molecular complexity index is 560. The van der Waals surface area contributed by atoms with E-state index in [1.54, 1.807) is 12.1 Å². The summed E-state index contributed by atoms with van der Waals surface area (Å²) in [5, 5.41) is 11.2. The van der Waals surface area contributed by atoms with Gasteiger partial charge in [0.1, 0.15) is 0 Å². The lowest BCUT2D eigenvalue weighted by atomic mass is 10.1. The molecule has 3 nitrogen and oxygen atoms in total. The number of rotatable bonds is 5. The third-order valence-corrected chi connectivity index (χ3v) is 4.36. The number of anilines is 1. The molecule has 2 aromatic carbocycles. The molecule has 2 aromatic rings. The minimum Gasteiger partial charge on any atom is -0.369 e. The number of nitrogens with zero attached hydrogens (tertiary/aromatic N) is 2. The summed E-state index contributed by atoms with van der Waals surface area (Å²) < 4.78 is 0. The van der Waals surface area contributed by atoms with E-state index in [1.165, 1.54) is 24.2 Å². The fraction of sp³-hybridized carbons (Fsp3) is 0.368. The quantitative estimate of drug-likeness (QED) is 0.842. The Morgan fingerprint density at radius 1 is 0.818 bits per heavy atom. The summed E-state index contributed by atoms with van der Waals surface area (Å²) in [6.07, 6.45) is 2.38. The van der Waals surface area contributed by atoms with Crippen LogP contribution in [0.2, 0.25) is 0 Å². The Kier molecular flexibility index (Phi) is 4.96. The second-order valence-electron chi connectivity index (χ2n) is 5.91. The average Bonchev–Trinajstić information content (AvgIpc) is 2.57. The summed E-state index contributed by atoms with van der Waals surface area (Å²) in [5.74, 6) is 0.0864. The minimum atomic E-state index is 0.0864. The maximum Gasteiger partial charge on any atom is 0.178 e. The van der Waals surface area contributed by atoms with Crippen LogP contribution in [0.15, 0.2) is 54.6 Å².